The molecular weight excluding hydrogens is 397 g/mol. The highest BCUT2D eigenvalue weighted by Crippen LogP contribution is 2.21. The first kappa shape index (κ1) is 23.7. The normalized spacial score (nSPS) is 14.6. The van der Waals surface area contributed by atoms with Gasteiger partial charge in [-0.25, -0.2) is 0 Å². The molecule has 0 aliphatic heterocycles. The molecule has 22 heavy (non-hydrogen) atoms. The van der Waals surface area contributed by atoms with E-state index < -0.39 is 0 Å². The van der Waals surface area contributed by atoms with Gasteiger partial charge >= 0.3 is 5.97 Å². The van der Waals surface area contributed by atoms with Crippen LogP contribution < -0.4 is 10.6 Å². The van der Waals surface area contributed by atoms with Crippen molar-refractivity contribution in [3.05, 3.63) is 0 Å². The lowest BCUT2D eigenvalue weighted by Gasteiger charge is -2.28. The fraction of sp³-hybridized carbons (Fsp3) is 0.867. The lowest BCUT2D eigenvalue weighted by molar-refractivity contribution is -0.144. The Bertz CT molecular complexity index is 343. The molecule has 0 aromatic heterocycles. The van der Waals surface area contributed by atoms with E-state index in [-0.39, 0.29) is 47.4 Å². The molecule has 0 bridgehead atoms. The van der Waals surface area contributed by atoms with Crippen LogP contribution in [0.3, 0.4) is 0 Å². The maximum absolute atomic E-state index is 11.4. The maximum atomic E-state index is 11.4. The van der Waals surface area contributed by atoms with Crippen molar-refractivity contribution in [3.8, 4) is 0 Å². The molecule has 0 saturated heterocycles. The largest absolute Gasteiger partial charge is 0.469 e. The van der Waals surface area contributed by atoms with Crippen LogP contribution in [0.2, 0.25) is 0 Å². The number of halogens is 1. The third kappa shape index (κ3) is 9.45. The summed E-state index contributed by atoms with van der Waals surface area (Å²) in [5.74, 6) is 0.224. The molecule has 0 aliphatic carbocycles. The van der Waals surface area contributed by atoms with Crippen molar-refractivity contribution in [3.63, 3.8) is 0 Å². The highest BCUT2D eigenvalue weighted by Gasteiger charge is 2.24. The van der Waals surface area contributed by atoms with Crippen LogP contribution in [0.5, 0.6) is 0 Å². The number of hydrogen-bond donors (Lipinski definition) is 2. The summed E-state index contributed by atoms with van der Waals surface area (Å²) < 4.78 is 10.2. The van der Waals surface area contributed by atoms with E-state index in [2.05, 4.69) is 36.4 Å². The minimum atomic E-state index is -0.234. The van der Waals surface area contributed by atoms with Gasteiger partial charge in [0.05, 0.1) is 25.7 Å². The summed E-state index contributed by atoms with van der Waals surface area (Å²) in [4.78, 5) is 15.9. The van der Waals surface area contributed by atoms with Crippen LogP contribution >= 0.6 is 24.0 Å². The van der Waals surface area contributed by atoms with Gasteiger partial charge in [0, 0.05) is 20.2 Å². The Hall–Kier alpha value is -0.570. The molecule has 2 atom stereocenters. The number of carbonyl (C=O) groups excluding carboxylic acids is 1. The Morgan fingerprint density at radius 2 is 1.82 bits per heavy atom. The van der Waals surface area contributed by atoms with Gasteiger partial charge in [-0.05, 0) is 12.3 Å². The van der Waals surface area contributed by atoms with E-state index in [0.717, 1.165) is 6.54 Å². The summed E-state index contributed by atoms with van der Waals surface area (Å²) in [6.07, 6.45) is 0.0333. The van der Waals surface area contributed by atoms with Gasteiger partial charge in [-0.3, -0.25) is 9.79 Å². The third-order valence-corrected chi connectivity index (χ3v) is 3.19. The zero-order valence-corrected chi connectivity index (χ0v) is 17.2. The number of rotatable bonds is 7. The summed E-state index contributed by atoms with van der Waals surface area (Å²) in [5, 5.41) is 6.31. The van der Waals surface area contributed by atoms with Crippen LogP contribution in [-0.2, 0) is 14.3 Å². The molecule has 7 heteroatoms. The molecule has 0 aromatic carbocycles. The van der Waals surface area contributed by atoms with E-state index in [0.29, 0.717) is 19.0 Å². The van der Waals surface area contributed by atoms with Gasteiger partial charge in [0.1, 0.15) is 0 Å². The SMILES string of the molecule is CCNC(=NCC(OC)C(C)(C)C)NCC(C)C(=O)OC.I. The summed E-state index contributed by atoms with van der Waals surface area (Å²) in [5.41, 5.74) is 0.0227. The first-order chi connectivity index (χ1) is 9.76. The molecule has 6 nitrogen and oxygen atoms in total. The third-order valence-electron chi connectivity index (χ3n) is 3.19. The van der Waals surface area contributed by atoms with Crippen molar-refractivity contribution >= 4 is 35.9 Å². The zero-order chi connectivity index (χ0) is 16.5. The van der Waals surface area contributed by atoms with E-state index in [1.807, 2.05) is 13.8 Å². The Labute approximate surface area is 151 Å². The first-order valence-corrected chi connectivity index (χ1v) is 7.39. The van der Waals surface area contributed by atoms with Gasteiger partial charge in [-0.15, -0.1) is 24.0 Å². The van der Waals surface area contributed by atoms with Gasteiger partial charge in [-0.2, -0.15) is 0 Å². The van der Waals surface area contributed by atoms with Crippen LogP contribution in [0.4, 0.5) is 0 Å². The van der Waals surface area contributed by atoms with Crippen LogP contribution in [0.1, 0.15) is 34.6 Å². The van der Waals surface area contributed by atoms with Crippen molar-refractivity contribution in [2.75, 3.05) is 33.9 Å². The van der Waals surface area contributed by atoms with E-state index in [4.69, 9.17) is 9.47 Å². The standard InChI is InChI=1S/C15H31N3O3.HI/c1-8-16-14(17-9-11(2)13(19)21-7)18-10-12(20-6)15(3,4)5;/h11-12H,8-10H2,1-7H3,(H2,16,17,18);1H. The minimum absolute atomic E-state index is 0. The van der Waals surface area contributed by atoms with Gasteiger partial charge in [0.2, 0.25) is 0 Å². The summed E-state index contributed by atoms with van der Waals surface area (Å²) in [6.45, 7) is 12.0. The fourth-order valence-electron chi connectivity index (χ4n) is 1.75. The fourth-order valence-corrected chi connectivity index (χ4v) is 1.75. The van der Waals surface area contributed by atoms with E-state index in [1.165, 1.54) is 7.11 Å². The van der Waals surface area contributed by atoms with Crippen LogP contribution in [-0.4, -0.2) is 51.9 Å². The number of methoxy groups -OCH3 is 2. The second-order valence-corrected chi connectivity index (χ2v) is 6.12. The van der Waals surface area contributed by atoms with Crippen molar-refractivity contribution < 1.29 is 14.3 Å². The molecular formula is C15H32IN3O3. The highest BCUT2D eigenvalue weighted by atomic mass is 127. The van der Waals surface area contributed by atoms with Crippen LogP contribution in [0.25, 0.3) is 0 Å². The average molecular weight is 429 g/mol. The molecule has 0 amide bonds. The first-order valence-electron chi connectivity index (χ1n) is 7.39. The van der Waals surface area contributed by atoms with Crippen LogP contribution in [0.15, 0.2) is 4.99 Å². The van der Waals surface area contributed by atoms with E-state index in [9.17, 15) is 4.79 Å². The number of nitrogens with zero attached hydrogens (tertiary/aromatic N) is 1. The molecule has 0 rings (SSSR count). The molecule has 0 heterocycles. The topological polar surface area (TPSA) is 72.0 Å². The molecule has 0 aliphatic rings. The monoisotopic (exact) mass is 429 g/mol. The quantitative estimate of drug-likeness (QED) is 0.281. The van der Waals surface area contributed by atoms with Crippen molar-refractivity contribution in [1.29, 1.82) is 0 Å². The Kier molecular flexibility index (Phi) is 12.8. The number of guanidine groups is 1. The molecule has 2 unspecified atom stereocenters. The van der Waals surface area contributed by atoms with Crippen LogP contribution in [0, 0.1) is 11.3 Å². The predicted octanol–water partition coefficient (Wildman–Crippen LogP) is 2.03. The highest BCUT2D eigenvalue weighted by molar-refractivity contribution is 14.0. The number of ether oxygens (including phenoxy) is 2. The number of hydrogen-bond acceptors (Lipinski definition) is 4. The van der Waals surface area contributed by atoms with E-state index >= 15 is 0 Å². The lowest BCUT2D eigenvalue weighted by atomic mass is 9.89. The Morgan fingerprint density at radius 1 is 1.23 bits per heavy atom. The molecule has 0 aromatic rings. The number of carbonyl (C=O) groups is 1. The Balaban J connectivity index is 0. The van der Waals surface area contributed by atoms with Crippen molar-refractivity contribution in [2.45, 2.75) is 40.7 Å². The molecule has 0 radical (unpaired) electrons. The van der Waals surface area contributed by atoms with Crippen molar-refractivity contribution in [1.82, 2.24) is 10.6 Å². The summed E-state index contributed by atoms with van der Waals surface area (Å²) >= 11 is 0. The Morgan fingerprint density at radius 3 is 2.23 bits per heavy atom. The molecule has 0 saturated carbocycles. The number of esters is 1. The van der Waals surface area contributed by atoms with Crippen molar-refractivity contribution in [2.24, 2.45) is 16.3 Å². The smallest absolute Gasteiger partial charge is 0.310 e. The van der Waals surface area contributed by atoms with E-state index in [1.54, 1.807) is 7.11 Å². The summed E-state index contributed by atoms with van der Waals surface area (Å²) in [7, 11) is 3.09. The zero-order valence-electron chi connectivity index (χ0n) is 14.9. The predicted molar refractivity (Wildman–Crippen MR) is 101 cm³/mol. The number of nitrogens with one attached hydrogen (secondary N) is 2. The van der Waals surface area contributed by atoms with Gasteiger partial charge in [-0.1, -0.05) is 27.7 Å². The second kappa shape index (κ2) is 11.9. The molecule has 132 valence electrons. The minimum Gasteiger partial charge on any atom is -0.469 e. The molecule has 0 spiro atoms. The summed E-state index contributed by atoms with van der Waals surface area (Å²) in [6, 6.07) is 0. The van der Waals surface area contributed by atoms with Gasteiger partial charge in [0.15, 0.2) is 5.96 Å². The second-order valence-electron chi connectivity index (χ2n) is 6.12. The lowest BCUT2D eigenvalue weighted by Crippen LogP contribution is -2.42. The van der Waals surface area contributed by atoms with Gasteiger partial charge in [0.25, 0.3) is 0 Å². The maximum Gasteiger partial charge on any atom is 0.310 e. The number of aliphatic imine (C=N–C) groups is 1. The molecule has 2 N–H and O–H groups in total. The van der Waals surface area contributed by atoms with Gasteiger partial charge < -0.3 is 20.1 Å². The molecule has 0 fully saturated rings. The average Bonchev–Trinajstić information content (AvgIpc) is 2.42.